The molecular weight excluding hydrogens is 298 g/mol. The molecule has 1 aliphatic carbocycles. The van der Waals surface area contributed by atoms with Crippen molar-refractivity contribution in [2.75, 3.05) is 11.9 Å². The second-order valence-electron chi connectivity index (χ2n) is 7.88. The molecule has 0 aliphatic heterocycles. The summed E-state index contributed by atoms with van der Waals surface area (Å²) in [7, 11) is 0. The zero-order valence-corrected chi connectivity index (χ0v) is 15.2. The number of hydrogen-bond acceptors (Lipinski definition) is 3. The first kappa shape index (κ1) is 17.0. The van der Waals surface area contributed by atoms with Crippen LogP contribution in [0, 0.1) is 11.3 Å². The Bertz CT molecular complexity index is 648. The molecule has 2 atom stereocenters. The topological polar surface area (TPSA) is 39.1 Å². The van der Waals surface area contributed by atoms with Crippen molar-refractivity contribution in [1.29, 1.82) is 0 Å². The number of hydrogen-bond donors (Lipinski definition) is 1. The van der Waals surface area contributed by atoms with Crippen LogP contribution in [0.25, 0.3) is 0 Å². The third kappa shape index (κ3) is 3.81. The summed E-state index contributed by atoms with van der Waals surface area (Å²) in [5.41, 5.74) is 2.50. The van der Waals surface area contributed by atoms with Crippen LogP contribution in [0.15, 0.2) is 42.7 Å². The Morgan fingerprint density at radius 1 is 1.29 bits per heavy atom. The number of benzene rings is 1. The van der Waals surface area contributed by atoms with Crippen LogP contribution in [-0.4, -0.2) is 28.5 Å². The molecule has 1 aromatic carbocycles. The number of ether oxygens (including phenoxy) is 1. The summed E-state index contributed by atoms with van der Waals surface area (Å²) in [4.78, 5) is 0. The van der Waals surface area contributed by atoms with Crippen molar-refractivity contribution in [3.05, 3.63) is 48.3 Å². The van der Waals surface area contributed by atoms with Crippen LogP contribution in [-0.2, 0) is 11.3 Å². The molecule has 0 spiro atoms. The first-order valence-electron chi connectivity index (χ1n) is 8.89. The van der Waals surface area contributed by atoms with E-state index in [2.05, 4.69) is 68.6 Å². The van der Waals surface area contributed by atoms with E-state index in [0.717, 1.165) is 25.3 Å². The van der Waals surface area contributed by atoms with Gasteiger partial charge >= 0.3 is 0 Å². The van der Waals surface area contributed by atoms with Gasteiger partial charge in [0.2, 0.25) is 0 Å². The van der Waals surface area contributed by atoms with Crippen LogP contribution in [0.2, 0.25) is 0 Å². The summed E-state index contributed by atoms with van der Waals surface area (Å²) in [6, 6.07) is 10.8. The van der Waals surface area contributed by atoms with Gasteiger partial charge in [-0.3, -0.25) is 4.68 Å². The summed E-state index contributed by atoms with van der Waals surface area (Å²) in [5.74, 6) is 0.587. The lowest BCUT2D eigenvalue weighted by Crippen LogP contribution is -2.58. The standard InChI is InChI=1S/C20H29N3O/c1-15(2)14-24-19-10-18(20(19,3)4)22-17-11-21-23(13-17)12-16-8-6-5-7-9-16/h5-9,11,13,15,18-19,22H,10,12,14H2,1-4H3. The van der Waals surface area contributed by atoms with E-state index < -0.39 is 0 Å². The number of rotatable bonds is 7. The van der Waals surface area contributed by atoms with Gasteiger partial charge in [0.15, 0.2) is 0 Å². The molecule has 1 fully saturated rings. The SMILES string of the molecule is CC(C)COC1CC(Nc2cnn(Cc3ccccc3)c2)C1(C)C. The third-order valence-corrected chi connectivity index (χ3v) is 4.97. The maximum absolute atomic E-state index is 6.05. The zero-order valence-electron chi connectivity index (χ0n) is 15.2. The normalized spacial score (nSPS) is 22.4. The van der Waals surface area contributed by atoms with Crippen molar-refractivity contribution >= 4 is 5.69 Å². The van der Waals surface area contributed by atoms with Gasteiger partial charge in [0.1, 0.15) is 0 Å². The van der Waals surface area contributed by atoms with E-state index in [1.807, 2.05) is 16.9 Å². The van der Waals surface area contributed by atoms with Gasteiger partial charge in [0.25, 0.3) is 0 Å². The predicted octanol–water partition coefficient (Wildman–Crippen LogP) is 4.18. The van der Waals surface area contributed by atoms with Gasteiger partial charge in [0, 0.05) is 24.3 Å². The molecule has 0 amide bonds. The maximum atomic E-state index is 6.05. The molecular formula is C20H29N3O. The average molecular weight is 327 g/mol. The molecule has 2 unspecified atom stereocenters. The van der Waals surface area contributed by atoms with Gasteiger partial charge in [-0.2, -0.15) is 5.10 Å². The molecule has 4 nitrogen and oxygen atoms in total. The Balaban J connectivity index is 1.54. The lowest BCUT2D eigenvalue weighted by molar-refractivity contribution is -0.108. The fourth-order valence-electron chi connectivity index (χ4n) is 3.22. The molecule has 2 aromatic rings. The van der Waals surface area contributed by atoms with Crippen molar-refractivity contribution < 1.29 is 4.74 Å². The Labute approximate surface area is 145 Å². The molecule has 1 aromatic heterocycles. The Hall–Kier alpha value is -1.81. The maximum Gasteiger partial charge on any atom is 0.0729 e. The van der Waals surface area contributed by atoms with Crippen LogP contribution in [0.1, 0.15) is 39.7 Å². The highest BCUT2D eigenvalue weighted by atomic mass is 16.5. The van der Waals surface area contributed by atoms with E-state index in [-0.39, 0.29) is 5.41 Å². The van der Waals surface area contributed by atoms with Crippen LogP contribution in [0.3, 0.4) is 0 Å². The van der Waals surface area contributed by atoms with Crippen molar-refractivity contribution in [3.8, 4) is 0 Å². The molecule has 24 heavy (non-hydrogen) atoms. The Morgan fingerprint density at radius 2 is 2.04 bits per heavy atom. The molecule has 130 valence electrons. The predicted molar refractivity (Wildman–Crippen MR) is 98.2 cm³/mol. The van der Waals surface area contributed by atoms with Crippen molar-refractivity contribution in [2.45, 2.75) is 52.8 Å². The Kier molecular flexibility index (Phi) is 4.95. The van der Waals surface area contributed by atoms with Gasteiger partial charge in [-0.05, 0) is 17.9 Å². The smallest absolute Gasteiger partial charge is 0.0729 e. The monoisotopic (exact) mass is 327 g/mol. The van der Waals surface area contributed by atoms with E-state index in [1.165, 1.54) is 5.56 Å². The van der Waals surface area contributed by atoms with Crippen molar-refractivity contribution in [3.63, 3.8) is 0 Å². The number of anilines is 1. The molecule has 4 heteroatoms. The van der Waals surface area contributed by atoms with Crippen LogP contribution < -0.4 is 5.32 Å². The lowest BCUT2D eigenvalue weighted by Gasteiger charge is -2.52. The van der Waals surface area contributed by atoms with Gasteiger partial charge in [0.05, 0.1) is 24.5 Å². The number of aromatic nitrogens is 2. The summed E-state index contributed by atoms with van der Waals surface area (Å²) < 4.78 is 8.03. The highest BCUT2D eigenvalue weighted by Gasteiger charge is 2.49. The van der Waals surface area contributed by atoms with Crippen molar-refractivity contribution in [1.82, 2.24) is 9.78 Å². The van der Waals surface area contributed by atoms with E-state index in [9.17, 15) is 0 Å². The molecule has 1 saturated carbocycles. The summed E-state index contributed by atoms with van der Waals surface area (Å²) in [5, 5.41) is 8.10. The van der Waals surface area contributed by atoms with E-state index in [4.69, 9.17) is 4.74 Å². The molecule has 0 saturated heterocycles. The van der Waals surface area contributed by atoms with Crippen LogP contribution in [0.4, 0.5) is 5.69 Å². The minimum atomic E-state index is 0.149. The van der Waals surface area contributed by atoms with E-state index >= 15 is 0 Å². The van der Waals surface area contributed by atoms with Gasteiger partial charge < -0.3 is 10.1 Å². The molecule has 0 radical (unpaired) electrons. The van der Waals surface area contributed by atoms with Gasteiger partial charge in [-0.15, -0.1) is 0 Å². The minimum Gasteiger partial charge on any atom is -0.379 e. The first-order chi connectivity index (χ1) is 11.4. The second-order valence-corrected chi connectivity index (χ2v) is 7.88. The average Bonchev–Trinajstić information content (AvgIpc) is 2.98. The van der Waals surface area contributed by atoms with Crippen LogP contribution >= 0.6 is 0 Å². The molecule has 0 bridgehead atoms. The first-order valence-corrected chi connectivity index (χ1v) is 8.89. The molecule has 1 aliphatic rings. The second kappa shape index (κ2) is 6.98. The Morgan fingerprint density at radius 3 is 2.71 bits per heavy atom. The summed E-state index contributed by atoms with van der Waals surface area (Å²) in [6.45, 7) is 10.6. The summed E-state index contributed by atoms with van der Waals surface area (Å²) in [6.07, 6.45) is 5.41. The molecule has 1 heterocycles. The largest absolute Gasteiger partial charge is 0.379 e. The number of nitrogens with one attached hydrogen (secondary N) is 1. The van der Waals surface area contributed by atoms with Crippen LogP contribution in [0.5, 0.6) is 0 Å². The zero-order chi connectivity index (χ0) is 17.2. The van der Waals surface area contributed by atoms with Crippen molar-refractivity contribution in [2.24, 2.45) is 11.3 Å². The number of nitrogens with zero attached hydrogens (tertiary/aromatic N) is 2. The van der Waals surface area contributed by atoms with Gasteiger partial charge in [-0.1, -0.05) is 58.0 Å². The molecule has 3 rings (SSSR count). The van der Waals surface area contributed by atoms with Gasteiger partial charge in [-0.25, -0.2) is 0 Å². The van der Waals surface area contributed by atoms with E-state index in [0.29, 0.717) is 18.1 Å². The third-order valence-electron chi connectivity index (χ3n) is 4.97. The highest BCUT2D eigenvalue weighted by molar-refractivity contribution is 5.41. The van der Waals surface area contributed by atoms with E-state index in [1.54, 1.807) is 0 Å². The molecule has 1 N–H and O–H groups in total. The fraction of sp³-hybridized carbons (Fsp3) is 0.550. The quantitative estimate of drug-likeness (QED) is 0.829. The lowest BCUT2D eigenvalue weighted by atomic mass is 9.64. The summed E-state index contributed by atoms with van der Waals surface area (Å²) >= 11 is 0. The minimum absolute atomic E-state index is 0.149. The highest BCUT2D eigenvalue weighted by Crippen LogP contribution is 2.44. The fourth-order valence-corrected chi connectivity index (χ4v) is 3.22.